The third-order valence-electron chi connectivity index (χ3n) is 1.51. The first-order valence-corrected chi connectivity index (χ1v) is 3.93. The summed E-state index contributed by atoms with van der Waals surface area (Å²) in [5, 5.41) is 9.65. The predicted octanol–water partition coefficient (Wildman–Crippen LogP) is 2.39. The van der Waals surface area contributed by atoms with Crippen molar-refractivity contribution in [3.8, 4) is 0 Å². The summed E-state index contributed by atoms with van der Waals surface area (Å²) in [4.78, 5) is 22.9. The molecule has 1 heterocycles. The van der Waals surface area contributed by atoms with Crippen LogP contribution in [0.5, 0.6) is 0 Å². The molecule has 0 amide bonds. The number of aldehydes is 1. The number of halogens is 3. The third-order valence-corrected chi connectivity index (χ3v) is 1.90. The van der Waals surface area contributed by atoms with Gasteiger partial charge in [-0.15, -0.1) is 0 Å². The summed E-state index contributed by atoms with van der Waals surface area (Å²) in [5.41, 5.74) is -2.18. The molecule has 0 aromatic carbocycles. The van der Waals surface area contributed by atoms with Crippen LogP contribution in [-0.4, -0.2) is 16.2 Å². The number of rotatable bonds is 3. The van der Waals surface area contributed by atoms with Crippen molar-refractivity contribution >= 4 is 23.6 Å². The topological polar surface area (TPSA) is 73.1 Å². The minimum atomic E-state index is -3.07. The lowest BCUT2D eigenvalue weighted by molar-refractivity contribution is -0.384. The molecule has 15 heavy (non-hydrogen) atoms. The van der Waals surface area contributed by atoms with Gasteiger partial charge < -0.3 is 0 Å². The van der Waals surface area contributed by atoms with Gasteiger partial charge in [0.15, 0.2) is 6.29 Å². The van der Waals surface area contributed by atoms with E-state index in [9.17, 15) is 23.7 Å². The summed E-state index contributed by atoms with van der Waals surface area (Å²) in [6, 6.07) is 0.737. The van der Waals surface area contributed by atoms with Crippen LogP contribution in [-0.2, 0) is 0 Å². The van der Waals surface area contributed by atoms with E-state index in [0.717, 1.165) is 6.07 Å². The van der Waals surface area contributed by atoms with Crippen molar-refractivity contribution < 1.29 is 18.5 Å². The largest absolute Gasteiger partial charge is 0.296 e. The minimum Gasteiger partial charge on any atom is -0.296 e. The van der Waals surface area contributed by atoms with Crippen LogP contribution in [0, 0.1) is 10.1 Å². The highest BCUT2D eigenvalue weighted by Crippen LogP contribution is 2.32. The smallest absolute Gasteiger partial charge is 0.292 e. The van der Waals surface area contributed by atoms with Crippen molar-refractivity contribution in [1.29, 1.82) is 0 Å². The van der Waals surface area contributed by atoms with Crippen molar-refractivity contribution in [2.75, 3.05) is 0 Å². The van der Waals surface area contributed by atoms with E-state index in [1.165, 1.54) is 0 Å². The number of nitrogens with zero attached hydrogens (tertiary/aromatic N) is 2. The molecule has 0 spiro atoms. The summed E-state index contributed by atoms with van der Waals surface area (Å²) in [7, 11) is 0. The van der Waals surface area contributed by atoms with Crippen molar-refractivity contribution in [2.45, 2.75) is 6.43 Å². The molecule has 0 unspecified atom stereocenters. The van der Waals surface area contributed by atoms with Crippen LogP contribution in [0.15, 0.2) is 6.07 Å². The summed E-state index contributed by atoms with van der Waals surface area (Å²) >= 11 is 5.33. The first-order chi connectivity index (χ1) is 6.97. The second-order valence-electron chi connectivity index (χ2n) is 2.44. The molecule has 1 aromatic rings. The zero-order valence-electron chi connectivity index (χ0n) is 6.99. The second-order valence-corrected chi connectivity index (χ2v) is 2.82. The number of carbonyl (C=O) groups is 1. The van der Waals surface area contributed by atoms with Crippen LogP contribution in [0.25, 0.3) is 0 Å². The molecule has 0 fully saturated rings. The number of carbonyl (C=O) groups excluding carboxylic acids is 1. The average Bonchev–Trinajstić information content (AvgIpc) is 2.17. The molecule has 0 atom stereocenters. The quantitative estimate of drug-likeness (QED) is 0.459. The van der Waals surface area contributed by atoms with Gasteiger partial charge in [-0.2, -0.15) is 0 Å². The summed E-state index contributed by atoms with van der Waals surface area (Å²) in [5.74, 6) is 0. The van der Waals surface area contributed by atoms with Gasteiger partial charge in [0, 0.05) is 6.07 Å². The van der Waals surface area contributed by atoms with Gasteiger partial charge in [-0.25, -0.2) is 13.8 Å². The Labute approximate surface area is 86.8 Å². The maximum absolute atomic E-state index is 12.3. The normalized spacial score (nSPS) is 10.4. The number of aromatic nitrogens is 1. The highest BCUT2D eigenvalue weighted by Gasteiger charge is 2.24. The summed E-state index contributed by atoms with van der Waals surface area (Å²) < 4.78 is 24.6. The van der Waals surface area contributed by atoms with Crippen molar-refractivity contribution in [3.05, 3.63) is 32.6 Å². The first-order valence-electron chi connectivity index (χ1n) is 3.55. The molecule has 1 aromatic heterocycles. The van der Waals surface area contributed by atoms with Crippen molar-refractivity contribution in [3.63, 3.8) is 0 Å². The van der Waals surface area contributed by atoms with E-state index in [-0.39, 0.29) is 6.29 Å². The van der Waals surface area contributed by atoms with E-state index in [1.54, 1.807) is 0 Å². The maximum atomic E-state index is 12.3. The van der Waals surface area contributed by atoms with E-state index in [0.29, 0.717) is 0 Å². The summed E-state index contributed by atoms with van der Waals surface area (Å²) in [6.07, 6.45) is -2.94. The Kier molecular flexibility index (Phi) is 3.25. The highest BCUT2D eigenvalue weighted by molar-refractivity contribution is 6.33. The molecule has 0 saturated carbocycles. The van der Waals surface area contributed by atoms with Gasteiger partial charge in [0.2, 0.25) is 0 Å². The maximum Gasteiger partial charge on any atom is 0.292 e. The highest BCUT2D eigenvalue weighted by atomic mass is 35.5. The monoisotopic (exact) mass is 236 g/mol. The van der Waals surface area contributed by atoms with Crippen LogP contribution in [0.2, 0.25) is 5.02 Å². The standard InChI is InChI=1S/C7H3ClF2N2O3/c8-5-4(12(14)15)1-3(2-13)11-6(5)7(9)10/h1-2,7H. The van der Waals surface area contributed by atoms with Gasteiger partial charge in [-0.1, -0.05) is 11.6 Å². The molecule has 0 bridgehead atoms. The molecular weight excluding hydrogens is 234 g/mol. The first kappa shape index (κ1) is 11.4. The fourth-order valence-electron chi connectivity index (χ4n) is 0.893. The molecule has 0 aliphatic rings. The summed E-state index contributed by atoms with van der Waals surface area (Å²) in [6.45, 7) is 0. The number of nitro groups is 1. The number of pyridine rings is 1. The Morgan fingerprint density at radius 3 is 2.60 bits per heavy atom. The number of hydrogen-bond acceptors (Lipinski definition) is 4. The zero-order valence-corrected chi connectivity index (χ0v) is 7.74. The lowest BCUT2D eigenvalue weighted by atomic mass is 10.2. The Hall–Kier alpha value is -1.63. The zero-order chi connectivity index (χ0) is 11.6. The van der Waals surface area contributed by atoms with E-state index < -0.39 is 33.4 Å². The SMILES string of the molecule is O=Cc1cc([N+](=O)[O-])c(Cl)c(C(F)F)n1. The molecule has 80 valence electrons. The predicted molar refractivity (Wildman–Crippen MR) is 46.2 cm³/mol. The van der Waals surface area contributed by atoms with Gasteiger partial charge in [-0.3, -0.25) is 14.9 Å². The second kappa shape index (κ2) is 4.26. The lowest BCUT2D eigenvalue weighted by Crippen LogP contribution is -2.01. The number of hydrogen-bond donors (Lipinski definition) is 0. The Morgan fingerprint density at radius 2 is 2.20 bits per heavy atom. The van der Waals surface area contributed by atoms with Crippen LogP contribution in [0.3, 0.4) is 0 Å². The van der Waals surface area contributed by atoms with Crippen molar-refractivity contribution in [1.82, 2.24) is 4.98 Å². The molecule has 0 saturated heterocycles. The molecule has 0 radical (unpaired) electrons. The molecule has 5 nitrogen and oxygen atoms in total. The average molecular weight is 237 g/mol. The third kappa shape index (κ3) is 2.24. The molecule has 8 heteroatoms. The van der Waals surface area contributed by atoms with Crippen LogP contribution in [0.1, 0.15) is 22.6 Å². The van der Waals surface area contributed by atoms with Gasteiger partial charge >= 0.3 is 0 Å². The van der Waals surface area contributed by atoms with E-state index >= 15 is 0 Å². The van der Waals surface area contributed by atoms with E-state index in [4.69, 9.17) is 11.6 Å². The van der Waals surface area contributed by atoms with Crippen LogP contribution in [0.4, 0.5) is 14.5 Å². The molecule has 0 N–H and O–H groups in total. The molecule has 0 aliphatic carbocycles. The number of alkyl halides is 2. The Morgan fingerprint density at radius 1 is 1.60 bits per heavy atom. The lowest BCUT2D eigenvalue weighted by Gasteiger charge is -2.03. The van der Waals surface area contributed by atoms with E-state index in [1.807, 2.05) is 0 Å². The van der Waals surface area contributed by atoms with Crippen molar-refractivity contribution in [2.24, 2.45) is 0 Å². The van der Waals surface area contributed by atoms with Gasteiger partial charge in [0.05, 0.1) is 4.92 Å². The Bertz CT molecular complexity index is 425. The molecule has 0 aliphatic heterocycles. The molecular formula is C7H3ClF2N2O3. The van der Waals surface area contributed by atoms with Crippen LogP contribution < -0.4 is 0 Å². The fraction of sp³-hybridized carbons (Fsp3) is 0.143. The van der Waals surface area contributed by atoms with Gasteiger partial charge in [0.25, 0.3) is 12.1 Å². The van der Waals surface area contributed by atoms with Crippen LogP contribution >= 0.6 is 11.6 Å². The minimum absolute atomic E-state index is 0.134. The van der Waals surface area contributed by atoms with Gasteiger partial charge in [-0.05, 0) is 0 Å². The van der Waals surface area contributed by atoms with Gasteiger partial charge in [0.1, 0.15) is 16.4 Å². The molecule has 1 rings (SSSR count). The fourth-order valence-corrected chi connectivity index (χ4v) is 1.14. The van der Waals surface area contributed by atoms with E-state index in [2.05, 4.69) is 4.98 Å². The Balaban J connectivity index is 3.46.